The maximum atomic E-state index is 12.0. The first-order chi connectivity index (χ1) is 12.6. The fraction of sp³-hybridized carbons (Fsp3) is 0.500. The molecule has 3 heterocycles. The van der Waals surface area contributed by atoms with Crippen LogP contribution in [0.5, 0.6) is 0 Å². The lowest BCUT2D eigenvalue weighted by atomic mass is 10.00. The van der Waals surface area contributed by atoms with Crippen LogP contribution in [0.2, 0.25) is 10.0 Å². The standard InChI is InChI=1S/C18H21Cl2N3O3/c19-13-7-11(8-22-3-5-26-6-4-22)16-12-9-23(15(25)10-24)2-1-14(12)21-18(16)17(13)20/h7,21,24H,1-6,8-10H2. The van der Waals surface area contributed by atoms with Crippen molar-refractivity contribution < 1.29 is 14.6 Å². The largest absolute Gasteiger partial charge is 0.387 e. The van der Waals surface area contributed by atoms with Gasteiger partial charge >= 0.3 is 0 Å². The van der Waals surface area contributed by atoms with Crippen LogP contribution < -0.4 is 0 Å². The summed E-state index contributed by atoms with van der Waals surface area (Å²) < 4.78 is 5.43. The SMILES string of the molecule is O=C(CO)N1CCc2[nH]c3c(Cl)c(Cl)cc(CN4CCOCC4)c3c2C1. The van der Waals surface area contributed by atoms with Crippen LogP contribution in [0.15, 0.2) is 6.07 Å². The Kier molecular flexibility index (Phi) is 5.12. The van der Waals surface area contributed by atoms with E-state index in [9.17, 15) is 9.90 Å². The highest BCUT2D eigenvalue weighted by Gasteiger charge is 2.27. The molecule has 0 saturated carbocycles. The summed E-state index contributed by atoms with van der Waals surface area (Å²) >= 11 is 12.9. The van der Waals surface area contributed by atoms with Crippen molar-refractivity contribution in [2.75, 3.05) is 39.5 Å². The highest BCUT2D eigenvalue weighted by Crippen LogP contribution is 2.38. The van der Waals surface area contributed by atoms with Gasteiger partial charge in [0.2, 0.25) is 5.91 Å². The molecular weight excluding hydrogens is 377 g/mol. The van der Waals surface area contributed by atoms with Gasteiger partial charge in [0.1, 0.15) is 6.61 Å². The number of aliphatic hydroxyl groups excluding tert-OH is 1. The molecule has 1 amide bonds. The molecule has 1 aromatic heterocycles. The number of aliphatic hydroxyl groups is 1. The number of halogens is 2. The molecule has 0 radical (unpaired) electrons. The zero-order chi connectivity index (χ0) is 18.3. The van der Waals surface area contributed by atoms with Gasteiger partial charge in [0, 0.05) is 55.8 Å². The number of benzene rings is 1. The third-order valence-corrected chi connectivity index (χ3v) is 6.00. The summed E-state index contributed by atoms with van der Waals surface area (Å²) in [6.07, 6.45) is 0.709. The van der Waals surface area contributed by atoms with Crippen molar-refractivity contribution in [2.24, 2.45) is 0 Å². The number of aromatic nitrogens is 1. The van der Waals surface area contributed by atoms with Gasteiger partial charge in [-0.2, -0.15) is 0 Å². The number of nitrogens with zero attached hydrogens (tertiary/aromatic N) is 2. The molecule has 2 aromatic rings. The molecule has 8 heteroatoms. The van der Waals surface area contributed by atoms with Crippen molar-refractivity contribution in [3.63, 3.8) is 0 Å². The Hall–Kier alpha value is -1.31. The summed E-state index contributed by atoms with van der Waals surface area (Å²) in [4.78, 5) is 19.4. The zero-order valence-electron chi connectivity index (χ0n) is 14.4. The second-order valence-corrected chi connectivity index (χ2v) is 7.56. The fourth-order valence-corrected chi connectivity index (χ4v) is 4.28. The Morgan fingerprint density at radius 2 is 2.04 bits per heavy atom. The Balaban J connectivity index is 1.77. The number of morpholine rings is 1. The number of carbonyl (C=O) groups excluding carboxylic acids is 1. The number of hydrogen-bond acceptors (Lipinski definition) is 4. The van der Waals surface area contributed by atoms with Gasteiger partial charge < -0.3 is 19.7 Å². The maximum Gasteiger partial charge on any atom is 0.248 e. The lowest BCUT2D eigenvalue weighted by Gasteiger charge is -2.28. The van der Waals surface area contributed by atoms with E-state index in [-0.39, 0.29) is 5.91 Å². The van der Waals surface area contributed by atoms with Gasteiger partial charge in [0.15, 0.2) is 0 Å². The van der Waals surface area contributed by atoms with Crippen LogP contribution in [-0.2, 0) is 29.0 Å². The first kappa shape index (κ1) is 18.1. The Labute approximate surface area is 161 Å². The van der Waals surface area contributed by atoms with Gasteiger partial charge in [0.05, 0.1) is 28.8 Å². The molecule has 2 aliphatic heterocycles. The summed E-state index contributed by atoms with van der Waals surface area (Å²) in [5.74, 6) is -0.250. The topological polar surface area (TPSA) is 68.8 Å². The predicted octanol–water partition coefficient (Wildman–Crippen LogP) is 2.18. The number of ether oxygens (including phenoxy) is 1. The van der Waals surface area contributed by atoms with E-state index in [1.165, 1.54) is 0 Å². The number of aromatic amines is 1. The minimum Gasteiger partial charge on any atom is -0.387 e. The van der Waals surface area contributed by atoms with Crippen LogP contribution in [0.4, 0.5) is 0 Å². The number of H-pyrrole nitrogens is 1. The average Bonchev–Trinajstić information content (AvgIpc) is 3.05. The molecule has 1 fully saturated rings. The van der Waals surface area contributed by atoms with Crippen molar-refractivity contribution in [2.45, 2.75) is 19.5 Å². The third-order valence-electron chi connectivity index (χ3n) is 5.21. The van der Waals surface area contributed by atoms with Gasteiger partial charge in [-0.3, -0.25) is 9.69 Å². The molecule has 26 heavy (non-hydrogen) atoms. The van der Waals surface area contributed by atoms with Crippen LogP contribution in [0.25, 0.3) is 10.9 Å². The molecule has 2 aliphatic rings. The number of carbonyl (C=O) groups is 1. The van der Waals surface area contributed by atoms with E-state index in [2.05, 4.69) is 9.88 Å². The molecule has 1 aromatic carbocycles. The molecule has 4 rings (SSSR count). The van der Waals surface area contributed by atoms with Crippen molar-refractivity contribution in [1.29, 1.82) is 0 Å². The van der Waals surface area contributed by atoms with Crippen molar-refractivity contribution in [3.05, 3.63) is 32.9 Å². The first-order valence-electron chi connectivity index (χ1n) is 8.77. The summed E-state index contributed by atoms with van der Waals surface area (Å²) in [5.41, 5.74) is 4.11. The van der Waals surface area contributed by atoms with E-state index >= 15 is 0 Å². The highest BCUT2D eigenvalue weighted by atomic mass is 35.5. The van der Waals surface area contributed by atoms with Gasteiger partial charge in [-0.1, -0.05) is 23.2 Å². The van der Waals surface area contributed by atoms with Crippen LogP contribution in [0.3, 0.4) is 0 Å². The number of fused-ring (bicyclic) bond motifs is 3. The molecule has 0 unspecified atom stereocenters. The third kappa shape index (κ3) is 3.21. The quantitative estimate of drug-likeness (QED) is 0.832. The van der Waals surface area contributed by atoms with E-state index in [0.717, 1.165) is 60.6 Å². The molecule has 140 valence electrons. The molecule has 0 spiro atoms. The minimum absolute atomic E-state index is 0.250. The average molecular weight is 398 g/mol. The number of rotatable bonds is 3. The van der Waals surface area contributed by atoms with Crippen molar-refractivity contribution in [1.82, 2.24) is 14.8 Å². The first-order valence-corrected chi connectivity index (χ1v) is 9.53. The van der Waals surface area contributed by atoms with Gasteiger partial charge in [-0.05, 0) is 11.6 Å². The minimum atomic E-state index is -0.467. The Morgan fingerprint density at radius 3 is 2.77 bits per heavy atom. The summed E-state index contributed by atoms with van der Waals surface area (Å²) in [7, 11) is 0. The molecule has 2 N–H and O–H groups in total. The predicted molar refractivity (Wildman–Crippen MR) is 101 cm³/mol. The second-order valence-electron chi connectivity index (χ2n) is 6.78. The molecular formula is C18H21Cl2N3O3. The highest BCUT2D eigenvalue weighted by molar-refractivity contribution is 6.45. The molecule has 0 aliphatic carbocycles. The van der Waals surface area contributed by atoms with Crippen LogP contribution >= 0.6 is 23.2 Å². The van der Waals surface area contributed by atoms with Gasteiger partial charge in [0.25, 0.3) is 0 Å². The summed E-state index contributed by atoms with van der Waals surface area (Å²) in [5, 5.41) is 11.3. The normalized spacial score (nSPS) is 18.3. The van der Waals surface area contributed by atoms with E-state index in [1.807, 2.05) is 6.07 Å². The van der Waals surface area contributed by atoms with E-state index < -0.39 is 6.61 Å². The van der Waals surface area contributed by atoms with E-state index in [0.29, 0.717) is 29.6 Å². The van der Waals surface area contributed by atoms with Crippen LogP contribution in [0, 0.1) is 0 Å². The van der Waals surface area contributed by atoms with Crippen molar-refractivity contribution >= 4 is 40.0 Å². The Morgan fingerprint density at radius 1 is 1.27 bits per heavy atom. The van der Waals surface area contributed by atoms with Crippen molar-refractivity contribution in [3.8, 4) is 0 Å². The summed E-state index contributed by atoms with van der Waals surface area (Å²) in [6, 6.07) is 1.93. The molecule has 1 saturated heterocycles. The second kappa shape index (κ2) is 7.37. The van der Waals surface area contributed by atoms with E-state index in [1.54, 1.807) is 4.90 Å². The monoisotopic (exact) mass is 397 g/mol. The number of nitrogens with one attached hydrogen (secondary N) is 1. The smallest absolute Gasteiger partial charge is 0.248 e. The van der Waals surface area contributed by atoms with Gasteiger partial charge in [-0.15, -0.1) is 0 Å². The van der Waals surface area contributed by atoms with Crippen LogP contribution in [-0.4, -0.2) is 65.3 Å². The Bertz CT molecular complexity index is 846. The number of hydrogen-bond donors (Lipinski definition) is 2. The molecule has 0 atom stereocenters. The van der Waals surface area contributed by atoms with Crippen LogP contribution in [0.1, 0.15) is 16.8 Å². The summed E-state index contributed by atoms with van der Waals surface area (Å²) in [6.45, 7) is 4.57. The van der Waals surface area contributed by atoms with Gasteiger partial charge in [-0.25, -0.2) is 0 Å². The maximum absolute atomic E-state index is 12.0. The lowest BCUT2D eigenvalue weighted by molar-refractivity contribution is -0.135. The lowest BCUT2D eigenvalue weighted by Crippen LogP contribution is -2.37. The zero-order valence-corrected chi connectivity index (χ0v) is 15.9. The molecule has 6 nitrogen and oxygen atoms in total. The van der Waals surface area contributed by atoms with E-state index in [4.69, 9.17) is 27.9 Å². The number of amides is 1. The molecule has 0 bridgehead atoms. The fourth-order valence-electron chi connectivity index (χ4n) is 3.86.